The lowest BCUT2D eigenvalue weighted by Crippen LogP contribution is -2.49. The van der Waals surface area contributed by atoms with Crippen LogP contribution in [0.4, 0.5) is 10.5 Å². The Morgan fingerprint density at radius 1 is 1.15 bits per heavy atom. The molecule has 2 amide bonds. The summed E-state index contributed by atoms with van der Waals surface area (Å²) in [5, 5.41) is 5.90. The molecule has 1 heterocycles. The van der Waals surface area contributed by atoms with Gasteiger partial charge in [0.25, 0.3) is 0 Å². The van der Waals surface area contributed by atoms with Gasteiger partial charge in [0.15, 0.2) is 0 Å². The predicted molar refractivity (Wildman–Crippen MR) is 104 cm³/mol. The maximum absolute atomic E-state index is 12.7. The fourth-order valence-corrected chi connectivity index (χ4v) is 2.62. The van der Waals surface area contributed by atoms with E-state index in [1.165, 1.54) is 0 Å². The maximum atomic E-state index is 12.7. The van der Waals surface area contributed by atoms with E-state index >= 15 is 0 Å². The number of alkyl carbamates (subject to hydrolysis) is 1. The van der Waals surface area contributed by atoms with Crippen molar-refractivity contribution >= 4 is 28.7 Å². The minimum Gasteiger partial charge on any atom is -0.444 e. The molecule has 0 spiro atoms. The van der Waals surface area contributed by atoms with Crippen LogP contribution in [0.25, 0.3) is 11.0 Å². The molecule has 0 saturated carbocycles. The summed E-state index contributed by atoms with van der Waals surface area (Å²) >= 11 is 0. The number of rotatable bonds is 4. The van der Waals surface area contributed by atoms with Gasteiger partial charge >= 0.3 is 11.7 Å². The topological polar surface area (TPSA) is 97.6 Å². The molecule has 7 heteroatoms. The number of hydrogen-bond acceptors (Lipinski definition) is 5. The van der Waals surface area contributed by atoms with Crippen LogP contribution < -0.4 is 16.3 Å². The zero-order chi connectivity index (χ0) is 20.4. The first-order valence-electron chi connectivity index (χ1n) is 8.82. The van der Waals surface area contributed by atoms with E-state index in [-0.39, 0.29) is 11.6 Å². The molecule has 1 aromatic carbocycles. The molecule has 0 radical (unpaired) electrons. The number of carbonyl (C=O) groups excluding carboxylic acids is 2. The average Bonchev–Trinajstić information content (AvgIpc) is 2.54. The highest BCUT2D eigenvalue weighted by Gasteiger charge is 2.28. The van der Waals surface area contributed by atoms with Crippen molar-refractivity contribution in [3.63, 3.8) is 0 Å². The standard InChI is InChI=1S/C20H26N2O5/c1-11(2)15(22-19(25)27-20(4,5)6)17(23)21-16-12(3)13-9-7-8-10-14(13)26-18(16)24/h7-11,15H,1-6H3,(H,21,23)(H,22,25)/t15-/m0/s1. The van der Waals surface area contributed by atoms with Crippen molar-refractivity contribution in [2.24, 2.45) is 5.92 Å². The second kappa shape index (κ2) is 7.82. The minimum atomic E-state index is -0.870. The molecule has 1 atom stereocenters. The number of ether oxygens (including phenoxy) is 1. The third-order valence-corrected chi connectivity index (χ3v) is 3.94. The number of nitrogens with one attached hydrogen (secondary N) is 2. The van der Waals surface area contributed by atoms with E-state index in [1.54, 1.807) is 53.7 Å². The molecule has 0 fully saturated rings. The first kappa shape index (κ1) is 20.5. The normalized spacial score (nSPS) is 12.7. The fraction of sp³-hybridized carbons (Fsp3) is 0.450. The Labute approximate surface area is 158 Å². The van der Waals surface area contributed by atoms with Gasteiger partial charge in [-0.1, -0.05) is 32.0 Å². The van der Waals surface area contributed by atoms with E-state index in [4.69, 9.17) is 9.15 Å². The molecule has 0 aliphatic rings. The van der Waals surface area contributed by atoms with E-state index in [0.29, 0.717) is 11.1 Å². The molecule has 2 N–H and O–H groups in total. The van der Waals surface area contributed by atoms with Crippen LogP contribution in [-0.4, -0.2) is 23.6 Å². The fourth-order valence-electron chi connectivity index (χ4n) is 2.62. The van der Waals surface area contributed by atoms with E-state index in [1.807, 2.05) is 12.1 Å². The van der Waals surface area contributed by atoms with E-state index in [2.05, 4.69) is 10.6 Å². The highest BCUT2D eigenvalue weighted by atomic mass is 16.6. The van der Waals surface area contributed by atoms with E-state index in [9.17, 15) is 14.4 Å². The molecule has 0 saturated heterocycles. The third-order valence-electron chi connectivity index (χ3n) is 3.94. The first-order valence-corrected chi connectivity index (χ1v) is 8.82. The number of hydrogen-bond donors (Lipinski definition) is 2. The first-order chi connectivity index (χ1) is 12.5. The number of benzene rings is 1. The summed E-state index contributed by atoms with van der Waals surface area (Å²) in [6.07, 6.45) is -0.696. The Hall–Kier alpha value is -2.83. The third kappa shape index (κ3) is 5.09. The monoisotopic (exact) mass is 374 g/mol. The number of anilines is 1. The van der Waals surface area contributed by atoms with Gasteiger partial charge in [-0.15, -0.1) is 0 Å². The lowest BCUT2D eigenvalue weighted by molar-refractivity contribution is -0.119. The summed E-state index contributed by atoms with van der Waals surface area (Å²) in [5.41, 5.74) is -0.201. The Morgan fingerprint density at radius 2 is 1.78 bits per heavy atom. The van der Waals surface area contributed by atoms with Gasteiger partial charge in [-0.2, -0.15) is 0 Å². The highest BCUT2D eigenvalue weighted by Crippen LogP contribution is 2.22. The molecule has 27 heavy (non-hydrogen) atoms. The van der Waals surface area contributed by atoms with Crippen LogP contribution in [0.5, 0.6) is 0 Å². The molecule has 0 aliphatic carbocycles. The molecule has 1 aromatic heterocycles. The molecular formula is C20H26N2O5. The zero-order valence-corrected chi connectivity index (χ0v) is 16.5. The SMILES string of the molecule is Cc1c(NC(=O)[C@@H](NC(=O)OC(C)(C)C)C(C)C)c(=O)oc2ccccc12. The Balaban J connectivity index is 2.27. The smallest absolute Gasteiger partial charge is 0.408 e. The number of carbonyl (C=O) groups is 2. The summed E-state index contributed by atoms with van der Waals surface area (Å²) in [6, 6.07) is 6.22. The lowest BCUT2D eigenvalue weighted by Gasteiger charge is -2.25. The van der Waals surface area contributed by atoms with Crippen molar-refractivity contribution < 1.29 is 18.7 Å². The van der Waals surface area contributed by atoms with Gasteiger partial charge in [0.2, 0.25) is 5.91 Å². The van der Waals surface area contributed by atoms with E-state index in [0.717, 1.165) is 5.39 Å². The van der Waals surface area contributed by atoms with Gasteiger partial charge in [-0.25, -0.2) is 9.59 Å². The molecule has 7 nitrogen and oxygen atoms in total. The summed E-state index contributed by atoms with van der Waals surface area (Å²) in [6.45, 7) is 10.5. The van der Waals surface area contributed by atoms with Crippen LogP contribution in [0, 0.1) is 12.8 Å². The van der Waals surface area contributed by atoms with E-state index < -0.39 is 29.3 Å². The summed E-state index contributed by atoms with van der Waals surface area (Å²) < 4.78 is 10.5. The largest absolute Gasteiger partial charge is 0.444 e. The molecule has 0 bridgehead atoms. The molecule has 0 aliphatic heterocycles. The average molecular weight is 374 g/mol. The van der Waals surface area contributed by atoms with Crippen molar-refractivity contribution in [2.75, 3.05) is 5.32 Å². The summed E-state index contributed by atoms with van der Waals surface area (Å²) in [5.74, 6) is -0.730. The second-order valence-electron chi connectivity index (χ2n) is 7.74. The number of fused-ring (bicyclic) bond motifs is 1. The number of aryl methyl sites for hydroxylation is 1. The summed E-state index contributed by atoms with van der Waals surface area (Å²) in [7, 11) is 0. The van der Waals surface area contributed by atoms with Crippen LogP contribution in [0.1, 0.15) is 40.2 Å². The van der Waals surface area contributed by atoms with Gasteiger partial charge in [-0.05, 0) is 45.2 Å². The van der Waals surface area contributed by atoms with Gasteiger partial charge in [0, 0.05) is 5.39 Å². The Kier molecular flexibility index (Phi) is 5.93. The predicted octanol–water partition coefficient (Wildman–Crippen LogP) is 3.59. The minimum absolute atomic E-state index is 0.0651. The van der Waals surface area contributed by atoms with Gasteiger partial charge < -0.3 is 19.8 Å². The Bertz CT molecular complexity index is 909. The van der Waals surface area contributed by atoms with Gasteiger partial charge in [0.05, 0.1) is 0 Å². The maximum Gasteiger partial charge on any atom is 0.408 e. The number of amides is 2. The van der Waals surface area contributed by atoms with Crippen molar-refractivity contribution in [3.8, 4) is 0 Å². The second-order valence-corrected chi connectivity index (χ2v) is 7.74. The van der Waals surface area contributed by atoms with Crippen molar-refractivity contribution in [1.82, 2.24) is 5.32 Å². The molecule has 0 unspecified atom stereocenters. The van der Waals surface area contributed by atoms with Crippen molar-refractivity contribution in [1.29, 1.82) is 0 Å². The van der Waals surface area contributed by atoms with Crippen LogP contribution in [0.3, 0.4) is 0 Å². The van der Waals surface area contributed by atoms with Crippen LogP contribution in [0.2, 0.25) is 0 Å². The molecule has 2 aromatic rings. The molecule has 146 valence electrons. The quantitative estimate of drug-likeness (QED) is 0.797. The van der Waals surface area contributed by atoms with Crippen LogP contribution >= 0.6 is 0 Å². The lowest BCUT2D eigenvalue weighted by atomic mass is 10.0. The summed E-state index contributed by atoms with van der Waals surface area (Å²) in [4.78, 5) is 37.1. The van der Waals surface area contributed by atoms with Crippen molar-refractivity contribution in [2.45, 2.75) is 53.2 Å². The Morgan fingerprint density at radius 3 is 2.37 bits per heavy atom. The zero-order valence-electron chi connectivity index (χ0n) is 16.5. The van der Waals surface area contributed by atoms with Gasteiger partial charge in [-0.3, -0.25) is 4.79 Å². The molecular weight excluding hydrogens is 348 g/mol. The van der Waals surface area contributed by atoms with Crippen molar-refractivity contribution in [3.05, 3.63) is 40.2 Å². The number of para-hydroxylation sites is 1. The molecule has 2 rings (SSSR count). The van der Waals surface area contributed by atoms with Crippen LogP contribution in [0.15, 0.2) is 33.5 Å². The van der Waals surface area contributed by atoms with Gasteiger partial charge in [0.1, 0.15) is 22.9 Å². The van der Waals surface area contributed by atoms with Crippen LogP contribution in [-0.2, 0) is 9.53 Å². The highest BCUT2D eigenvalue weighted by molar-refractivity contribution is 5.99.